The smallest absolute Gasteiger partial charge is 0.255 e. The van der Waals surface area contributed by atoms with Crippen molar-refractivity contribution >= 4 is 34.8 Å². The van der Waals surface area contributed by atoms with Crippen LogP contribution in [0.5, 0.6) is 0 Å². The Morgan fingerprint density at radius 2 is 1.86 bits per heavy atom. The predicted molar refractivity (Wildman–Crippen MR) is 88.0 cm³/mol. The van der Waals surface area contributed by atoms with E-state index in [1.165, 1.54) is 11.6 Å². The number of nitrogen functional groups attached to an aromatic ring is 1. The van der Waals surface area contributed by atoms with Gasteiger partial charge in [-0.3, -0.25) is 4.79 Å². The Morgan fingerprint density at radius 1 is 1.19 bits per heavy atom. The van der Waals surface area contributed by atoms with Crippen molar-refractivity contribution in [3.63, 3.8) is 0 Å². The molecule has 2 aromatic rings. The summed E-state index contributed by atoms with van der Waals surface area (Å²) in [5, 5.41) is 0.527. The van der Waals surface area contributed by atoms with Crippen LogP contribution in [0.3, 0.4) is 0 Å². The molecule has 110 valence electrons. The van der Waals surface area contributed by atoms with Crippen LogP contribution in [0.25, 0.3) is 0 Å². The number of halogens is 2. The highest BCUT2D eigenvalue weighted by Gasteiger charge is 2.17. The van der Waals surface area contributed by atoms with Gasteiger partial charge in [-0.25, -0.2) is 0 Å². The lowest BCUT2D eigenvalue weighted by atomic mass is 10.1. The fraction of sp³-hybridized carbons (Fsp3) is 0.188. The number of carbonyl (C=O) groups excluding carboxylic acids is 1. The van der Waals surface area contributed by atoms with Crippen LogP contribution in [0.4, 0.5) is 5.69 Å². The van der Waals surface area contributed by atoms with Crippen molar-refractivity contribution in [1.29, 1.82) is 0 Å². The molecule has 2 aromatic carbocycles. The Bertz CT molecular complexity index is 644. The molecule has 0 saturated carbocycles. The van der Waals surface area contributed by atoms with Crippen molar-refractivity contribution in [3.8, 4) is 0 Å². The summed E-state index contributed by atoms with van der Waals surface area (Å²) < 4.78 is 0. The molecule has 0 atom stereocenters. The largest absolute Gasteiger partial charge is 0.399 e. The molecule has 1 amide bonds. The highest BCUT2D eigenvalue weighted by atomic mass is 35.5. The van der Waals surface area contributed by atoms with Crippen LogP contribution in [0, 0.1) is 0 Å². The van der Waals surface area contributed by atoms with E-state index in [4.69, 9.17) is 28.9 Å². The monoisotopic (exact) mass is 322 g/mol. The molecule has 0 aromatic heterocycles. The normalized spacial score (nSPS) is 10.4. The van der Waals surface area contributed by atoms with Crippen LogP contribution in [-0.2, 0) is 6.42 Å². The summed E-state index contributed by atoms with van der Waals surface area (Å²) >= 11 is 12.0. The topological polar surface area (TPSA) is 46.3 Å². The van der Waals surface area contributed by atoms with Crippen LogP contribution in [0.15, 0.2) is 42.5 Å². The molecular formula is C16H16Cl2N2O. The molecule has 0 aliphatic heterocycles. The second kappa shape index (κ2) is 6.83. The van der Waals surface area contributed by atoms with Gasteiger partial charge < -0.3 is 10.6 Å². The van der Waals surface area contributed by atoms with Gasteiger partial charge in [0, 0.05) is 19.3 Å². The second-order valence-corrected chi connectivity index (χ2v) is 5.61. The molecule has 0 radical (unpaired) electrons. The Morgan fingerprint density at radius 3 is 2.52 bits per heavy atom. The number of benzene rings is 2. The first kappa shape index (κ1) is 15.7. The van der Waals surface area contributed by atoms with E-state index in [9.17, 15) is 4.79 Å². The first-order valence-corrected chi connectivity index (χ1v) is 7.28. The predicted octanol–water partition coefficient (Wildman–Crippen LogP) is 3.89. The maximum absolute atomic E-state index is 12.4. The summed E-state index contributed by atoms with van der Waals surface area (Å²) in [7, 11) is 1.73. The molecule has 0 unspecified atom stereocenters. The summed E-state index contributed by atoms with van der Waals surface area (Å²) in [5.41, 5.74) is 7.64. The number of likely N-dealkylation sites (N-methyl/N-ethyl adjacent to an activating group) is 1. The van der Waals surface area contributed by atoms with Crippen molar-refractivity contribution in [1.82, 2.24) is 4.90 Å². The molecule has 21 heavy (non-hydrogen) atoms. The summed E-state index contributed by atoms with van der Waals surface area (Å²) in [6, 6.07) is 13.1. The zero-order valence-corrected chi connectivity index (χ0v) is 13.2. The van der Waals surface area contributed by atoms with Gasteiger partial charge in [0.2, 0.25) is 0 Å². The van der Waals surface area contributed by atoms with Gasteiger partial charge in [0.1, 0.15) is 0 Å². The van der Waals surface area contributed by atoms with E-state index in [1.807, 2.05) is 30.3 Å². The van der Waals surface area contributed by atoms with E-state index in [1.54, 1.807) is 18.0 Å². The fourth-order valence-electron chi connectivity index (χ4n) is 2.01. The molecule has 5 heteroatoms. The lowest BCUT2D eigenvalue weighted by Gasteiger charge is -2.18. The van der Waals surface area contributed by atoms with Crippen molar-refractivity contribution < 1.29 is 4.79 Å². The van der Waals surface area contributed by atoms with Crippen molar-refractivity contribution in [2.24, 2.45) is 0 Å². The van der Waals surface area contributed by atoms with Gasteiger partial charge in [-0.1, -0.05) is 53.5 Å². The molecule has 2 N–H and O–H groups in total. The number of rotatable bonds is 4. The highest BCUT2D eigenvalue weighted by molar-refractivity contribution is 6.44. The van der Waals surface area contributed by atoms with Gasteiger partial charge >= 0.3 is 0 Å². The molecule has 0 spiro atoms. The van der Waals surface area contributed by atoms with Gasteiger partial charge in [0.05, 0.1) is 15.6 Å². The van der Waals surface area contributed by atoms with Crippen LogP contribution >= 0.6 is 23.2 Å². The number of hydrogen-bond acceptors (Lipinski definition) is 2. The Balaban J connectivity index is 2.09. The van der Waals surface area contributed by atoms with Crippen LogP contribution in [-0.4, -0.2) is 24.4 Å². The van der Waals surface area contributed by atoms with Gasteiger partial charge in [-0.15, -0.1) is 0 Å². The van der Waals surface area contributed by atoms with E-state index >= 15 is 0 Å². The average molecular weight is 323 g/mol. The maximum Gasteiger partial charge on any atom is 0.255 e. The van der Waals surface area contributed by atoms with Gasteiger partial charge in [0.25, 0.3) is 5.91 Å². The lowest BCUT2D eigenvalue weighted by Crippen LogP contribution is -2.29. The lowest BCUT2D eigenvalue weighted by molar-refractivity contribution is 0.0797. The minimum atomic E-state index is -0.190. The third kappa shape index (κ3) is 3.90. The van der Waals surface area contributed by atoms with Crippen LogP contribution < -0.4 is 5.73 Å². The van der Waals surface area contributed by atoms with E-state index < -0.39 is 0 Å². The van der Waals surface area contributed by atoms with Crippen molar-refractivity contribution in [2.45, 2.75) is 6.42 Å². The van der Waals surface area contributed by atoms with Crippen LogP contribution in [0.2, 0.25) is 10.0 Å². The quantitative estimate of drug-likeness (QED) is 0.868. The number of amides is 1. The van der Waals surface area contributed by atoms with E-state index in [0.29, 0.717) is 17.8 Å². The molecule has 3 nitrogen and oxygen atoms in total. The van der Waals surface area contributed by atoms with Gasteiger partial charge in [0.15, 0.2) is 0 Å². The average Bonchev–Trinajstić information content (AvgIpc) is 2.48. The first-order chi connectivity index (χ1) is 9.99. The molecule has 0 fully saturated rings. The zero-order chi connectivity index (χ0) is 15.4. The summed E-state index contributed by atoms with van der Waals surface area (Å²) in [6.45, 7) is 0.589. The Hall–Kier alpha value is -1.71. The summed E-state index contributed by atoms with van der Waals surface area (Å²) in [6.07, 6.45) is 0.775. The Kier molecular flexibility index (Phi) is 5.10. The minimum Gasteiger partial charge on any atom is -0.399 e. The number of anilines is 1. The molecule has 2 rings (SSSR count). The summed E-state index contributed by atoms with van der Waals surface area (Å²) in [4.78, 5) is 14.0. The second-order valence-electron chi connectivity index (χ2n) is 4.83. The third-order valence-corrected chi connectivity index (χ3v) is 4.01. The number of hydrogen-bond donors (Lipinski definition) is 1. The van der Waals surface area contributed by atoms with E-state index in [2.05, 4.69) is 0 Å². The number of nitrogens with two attached hydrogens (primary N) is 1. The standard InChI is InChI=1S/C16H16Cl2N2O/c1-20(8-7-11-5-3-2-4-6-11)16(21)13-9-12(19)10-14(17)15(13)18/h2-6,9-10H,7-8,19H2,1H3. The van der Waals surface area contributed by atoms with Crippen molar-refractivity contribution in [3.05, 3.63) is 63.6 Å². The maximum atomic E-state index is 12.4. The van der Waals surface area contributed by atoms with Crippen LogP contribution in [0.1, 0.15) is 15.9 Å². The first-order valence-electron chi connectivity index (χ1n) is 6.53. The highest BCUT2D eigenvalue weighted by Crippen LogP contribution is 2.29. The molecule has 0 bridgehead atoms. The van der Waals surface area contributed by atoms with E-state index in [0.717, 1.165) is 6.42 Å². The molecule has 0 aliphatic carbocycles. The molecule has 0 aliphatic rings. The van der Waals surface area contributed by atoms with Gasteiger partial charge in [-0.05, 0) is 24.1 Å². The summed E-state index contributed by atoms with van der Waals surface area (Å²) in [5.74, 6) is -0.190. The Labute approximate surface area is 134 Å². The van der Waals surface area contributed by atoms with Gasteiger partial charge in [-0.2, -0.15) is 0 Å². The number of carbonyl (C=O) groups is 1. The molecular weight excluding hydrogens is 307 g/mol. The molecule has 0 heterocycles. The SMILES string of the molecule is CN(CCc1ccccc1)C(=O)c1cc(N)cc(Cl)c1Cl. The zero-order valence-electron chi connectivity index (χ0n) is 11.6. The minimum absolute atomic E-state index is 0.190. The number of nitrogens with zero attached hydrogens (tertiary/aromatic N) is 1. The molecule has 0 saturated heterocycles. The van der Waals surface area contributed by atoms with Crippen molar-refractivity contribution in [2.75, 3.05) is 19.3 Å². The fourth-order valence-corrected chi connectivity index (χ4v) is 2.43. The van der Waals surface area contributed by atoms with E-state index in [-0.39, 0.29) is 16.0 Å². The third-order valence-electron chi connectivity index (χ3n) is 3.21.